The summed E-state index contributed by atoms with van der Waals surface area (Å²) in [5.74, 6) is -1.75. The smallest absolute Gasteiger partial charge is 0.313 e. The molecular weight excluding hydrogens is 256 g/mol. The Morgan fingerprint density at radius 2 is 1.80 bits per heavy atom. The van der Waals surface area contributed by atoms with Gasteiger partial charge in [-0.2, -0.15) is 0 Å². The molecule has 0 saturated heterocycles. The molecule has 1 aromatic heterocycles. The third-order valence-corrected chi connectivity index (χ3v) is 4.80. The molecule has 0 aliphatic carbocycles. The van der Waals surface area contributed by atoms with Crippen LogP contribution in [-0.4, -0.2) is 33.7 Å². The van der Waals surface area contributed by atoms with Gasteiger partial charge in [-0.1, -0.05) is 0 Å². The molecule has 0 spiro atoms. The van der Waals surface area contributed by atoms with Crippen molar-refractivity contribution >= 4 is 46.8 Å². The number of rotatable bonds is 6. The van der Waals surface area contributed by atoms with Crippen molar-refractivity contribution in [2.24, 2.45) is 0 Å². The van der Waals surface area contributed by atoms with Gasteiger partial charge in [0.25, 0.3) is 0 Å². The highest BCUT2D eigenvalue weighted by Gasteiger charge is 2.09. The van der Waals surface area contributed by atoms with E-state index in [-0.39, 0.29) is 11.5 Å². The van der Waals surface area contributed by atoms with Crippen molar-refractivity contribution < 1.29 is 19.8 Å². The average molecular weight is 264 g/mol. The van der Waals surface area contributed by atoms with Crippen LogP contribution in [0.2, 0.25) is 0 Å². The highest BCUT2D eigenvalue weighted by molar-refractivity contribution is 8.04. The largest absolute Gasteiger partial charge is 0.481 e. The first-order valence-electron chi connectivity index (χ1n) is 3.86. The normalized spacial score (nSPS) is 10.1. The van der Waals surface area contributed by atoms with Gasteiger partial charge in [-0.05, 0) is 11.4 Å². The molecule has 0 bridgehead atoms. The van der Waals surface area contributed by atoms with Gasteiger partial charge in [0.05, 0.1) is 15.7 Å². The summed E-state index contributed by atoms with van der Waals surface area (Å²) in [6, 6.07) is 1.81. The minimum atomic E-state index is -0.875. The summed E-state index contributed by atoms with van der Waals surface area (Å²) in [5.41, 5.74) is 0. The summed E-state index contributed by atoms with van der Waals surface area (Å²) in [5, 5.41) is 18.8. The molecule has 0 atom stereocenters. The molecule has 7 heteroatoms. The third-order valence-electron chi connectivity index (χ3n) is 1.27. The van der Waals surface area contributed by atoms with Gasteiger partial charge in [0.1, 0.15) is 0 Å². The number of hydrogen-bond acceptors (Lipinski definition) is 5. The van der Waals surface area contributed by atoms with Crippen LogP contribution in [-0.2, 0) is 9.59 Å². The molecule has 4 nitrogen and oxygen atoms in total. The molecule has 0 fully saturated rings. The van der Waals surface area contributed by atoms with E-state index in [1.165, 1.54) is 34.9 Å². The first-order chi connectivity index (χ1) is 7.09. The SMILES string of the molecule is O=C(O)CSc1ccsc1SCC(=O)O. The lowest BCUT2D eigenvalue weighted by Crippen LogP contribution is -1.98. The van der Waals surface area contributed by atoms with Crippen molar-refractivity contribution in [2.75, 3.05) is 11.5 Å². The molecule has 0 saturated carbocycles. The molecule has 0 aliphatic heterocycles. The summed E-state index contributed by atoms with van der Waals surface area (Å²) in [4.78, 5) is 21.5. The van der Waals surface area contributed by atoms with E-state index in [4.69, 9.17) is 10.2 Å². The Bertz CT molecular complexity index is 328. The van der Waals surface area contributed by atoms with Crippen LogP contribution in [0.4, 0.5) is 0 Å². The van der Waals surface area contributed by atoms with Crippen LogP contribution in [0.15, 0.2) is 20.6 Å². The number of carbonyl (C=O) groups is 2. The number of thioether (sulfide) groups is 2. The third kappa shape index (κ3) is 4.59. The lowest BCUT2D eigenvalue weighted by Gasteiger charge is -1.99. The van der Waals surface area contributed by atoms with Crippen LogP contribution in [0, 0.1) is 0 Å². The second-order valence-corrected chi connectivity index (χ2v) is 5.61. The topological polar surface area (TPSA) is 74.6 Å². The molecule has 1 rings (SSSR count). The molecule has 15 heavy (non-hydrogen) atoms. The van der Waals surface area contributed by atoms with Crippen molar-refractivity contribution in [3.63, 3.8) is 0 Å². The van der Waals surface area contributed by atoms with Crippen molar-refractivity contribution in [3.05, 3.63) is 11.4 Å². The van der Waals surface area contributed by atoms with E-state index in [0.717, 1.165) is 9.10 Å². The van der Waals surface area contributed by atoms with Gasteiger partial charge >= 0.3 is 11.9 Å². The Hall–Kier alpha value is -0.660. The summed E-state index contributed by atoms with van der Waals surface area (Å²) in [6.07, 6.45) is 0. The summed E-state index contributed by atoms with van der Waals surface area (Å²) in [7, 11) is 0. The molecule has 0 unspecified atom stereocenters. The van der Waals surface area contributed by atoms with E-state index in [0.29, 0.717) is 0 Å². The van der Waals surface area contributed by atoms with Gasteiger partial charge < -0.3 is 10.2 Å². The van der Waals surface area contributed by atoms with Gasteiger partial charge in [-0.25, -0.2) is 0 Å². The number of carboxylic acid groups (broad SMARTS) is 2. The van der Waals surface area contributed by atoms with E-state index in [1.54, 1.807) is 0 Å². The van der Waals surface area contributed by atoms with Crippen molar-refractivity contribution in [1.82, 2.24) is 0 Å². The first-order valence-corrected chi connectivity index (χ1v) is 6.71. The molecule has 82 valence electrons. The van der Waals surface area contributed by atoms with E-state index in [2.05, 4.69) is 0 Å². The minimum absolute atomic E-state index is 0.00114. The van der Waals surface area contributed by atoms with E-state index >= 15 is 0 Å². The number of hydrogen-bond donors (Lipinski definition) is 2. The number of aliphatic carboxylic acids is 2. The quantitative estimate of drug-likeness (QED) is 0.766. The predicted octanol–water partition coefficient (Wildman–Crippen LogP) is 2.10. The van der Waals surface area contributed by atoms with Crippen molar-refractivity contribution in [1.29, 1.82) is 0 Å². The molecule has 0 radical (unpaired) electrons. The Morgan fingerprint density at radius 1 is 1.20 bits per heavy atom. The van der Waals surface area contributed by atoms with Crippen LogP contribution >= 0.6 is 34.9 Å². The Kier molecular flexibility index (Phi) is 5.00. The molecule has 0 aliphatic rings. The summed E-state index contributed by atoms with van der Waals surface area (Å²) >= 11 is 3.86. The maximum absolute atomic E-state index is 10.4. The Balaban J connectivity index is 2.53. The van der Waals surface area contributed by atoms with Gasteiger partial charge in [0, 0.05) is 4.90 Å². The maximum atomic E-state index is 10.4. The summed E-state index contributed by atoms with van der Waals surface area (Å²) in [6.45, 7) is 0. The highest BCUT2D eigenvalue weighted by Crippen LogP contribution is 2.35. The zero-order chi connectivity index (χ0) is 11.3. The second kappa shape index (κ2) is 6.04. The fourth-order valence-electron chi connectivity index (χ4n) is 0.763. The summed E-state index contributed by atoms with van der Waals surface area (Å²) < 4.78 is 0.864. The first kappa shape index (κ1) is 12.4. The van der Waals surface area contributed by atoms with Gasteiger partial charge in [0.2, 0.25) is 0 Å². The molecular formula is C8H8O4S3. The number of carboxylic acids is 2. The van der Waals surface area contributed by atoms with Crippen molar-refractivity contribution in [3.8, 4) is 0 Å². The standard InChI is InChI=1S/C8H8O4S3/c9-6(10)3-14-5-1-2-13-8(5)15-4-7(11)12/h1-2H,3-4H2,(H,9,10)(H,11,12). The van der Waals surface area contributed by atoms with Crippen molar-refractivity contribution in [2.45, 2.75) is 9.10 Å². The van der Waals surface area contributed by atoms with Crippen LogP contribution in [0.1, 0.15) is 0 Å². The van der Waals surface area contributed by atoms with Gasteiger partial charge in [-0.3, -0.25) is 9.59 Å². The second-order valence-electron chi connectivity index (χ2n) is 2.44. The molecule has 0 amide bonds. The lowest BCUT2D eigenvalue weighted by atomic mass is 10.7. The highest BCUT2D eigenvalue weighted by atomic mass is 32.2. The molecule has 2 N–H and O–H groups in total. The average Bonchev–Trinajstić information content (AvgIpc) is 2.58. The van der Waals surface area contributed by atoms with Gasteiger partial charge in [0.15, 0.2) is 0 Å². The zero-order valence-electron chi connectivity index (χ0n) is 7.50. The maximum Gasteiger partial charge on any atom is 0.313 e. The van der Waals surface area contributed by atoms with E-state index in [9.17, 15) is 9.59 Å². The fourth-order valence-corrected chi connectivity index (χ4v) is 3.68. The number of thiophene rings is 1. The Morgan fingerprint density at radius 3 is 2.40 bits per heavy atom. The fraction of sp³-hybridized carbons (Fsp3) is 0.250. The van der Waals surface area contributed by atoms with Crippen LogP contribution in [0.25, 0.3) is 0 Å². The zero-order valence-corrected chi connectivity index (χ0v) is 9.95. The monoisotopic (exact) mass is 264 g/mol. The van der Waals surface area contributed by atoms with Crippen LogP contribution < -0.4 is 0 Å². The predicted molar refractivity (Wildman–Crippen MR) is 61.0 cm³/mol. The molecule has 1 aromatic rings. The van der Waals surface area contributed by atoms with E-state index in [1.807, 2.05) is 11.4 Å². The van der Waals surface area contributed by atoms with Crippen LogP contribution in [0.3, 0.4) is 0 Å². The minimum Gasteiger partial charge on any atom is -0.481 e. The van der Waals surface area contributed by atoms with Gasteiger partial charge in [-0.15, -0.1) is 34.9 Å². The molecule has 0 aromatic carbocycles. The van der Waals surface area contributed by atoms with Crippen LogP contribution in [0.5, 0.6) is 0 Å². The van der Waals surface area contributed by atoms with E-state index < -0.39 is 11.9 Å². The molecule has 1 heterocycles. The Labute approximate surface area is 98.7 Å². The lowest BCUT2D eigenvalue weighted by molar-refractivity contribution is -0.134.